The van der Waals surface area contributed by atoms with Crippen molar-refractivity contribution >= 4 is 17.6 Å². The Labute approximate surface area is 117 Å². The number of carboxylic acids is 1. The molecule has 2 rings (SSSR count). The van der Waals surface area contributed by atoms with Gasteiger partial charge in [-0.25, -0.2) is 0 Å². The Hall–Kier alpha value is -1.74. The summed E-state index contributed by atoms with van der Waals surface area (Å²) in [5.41, 5.74) is 4.25. The number of rotatable bonds is 4. The molecule has 19 heavy (non-hydrogen) atoms. The lowest BCUT2D eigenvalue weighted by Crippen LogP contribution is -2.07. The number of carboxylic acid groups (broad SMARTS) is 1. The zero-order chi connectivity index (χ0) is 14.0. The van der Waals surface area contributed by atoms with Crippen molar-refractivity contribution in [3.63, 3.8) is 0 Å². The third-order valence-electron chi connectivity index (χ3n) is 3.29. The molecule has 0 fully saturated rings. The highest BCUT2D eigenvalue weighted by atomic mass is 35.5. The summed E-state index contributed by atoms with van der Waals surface area (Å²) in [7, 11) is 1.91. The number of aliphatic carboxylic acids is 1. The smallest absolute Gasteiger partial charge is 0.309 e. The van der Waals surface area contributed by atoms with Gasteiger partial charge in [0, 0.05) is 29.9 Å². The van der Waals surface area contributed by atoms with Gasteiger partial charge in [0.15, 0.2) is 0 Å². The molecule has 0 atom stereocenters. The first-order valence-corrected chi connectivity index (χ1v) is 6.45. The van der Waals surface area contributed by atoms with E-state index in [0.717, 1.165) is 34.0 Å². The van der Waals surface area contributed by atoms with Gasteiger partial charge >= 0.3 is 5.97 Å². The minimum atomic E-state index is -0.807. The molecule has 0 amide bonds. The SMILES string of the molecule is Cc1cc(CC(=O)O)n(C)c1Cc1ccc(Cl)cc1. The Kier molecular flexibility index (Phi) is 3.96. The van der Waals surface area contributed by atoms with Crippen LogP contribution in [0.25, 0.3) is 0 Å². The maximum Gasteiger partial charge on any atom is 0.309 e. The van der Waals surface area contributed by atoms with Gasteiger partial charge in [-0.1, -0.05) is 23.7 Å². The Balaban J connectivity index is 2.27. The molecule has 0 radical (unpaired) electrons. The van der Waals surface area contributed by atoms with E-state index >= 15 is 0 Å². The molecule has 2 aromatic rings. The second-order valence-electron chi connectivity index (χ2n) is 4.70. The molecule has 0 unspecified atom stereocenters. The van der Waals surface area contributed by atoms with Crippen LogP contribution in [0.1, 0.15) is 22.5 Å². The maximum atomic E-state index is 10.8. The fraction of sp³-hybridized carbons (Fsp3) is 0.267. The molecule has 1 aromatic heterocycles. The van der Waals surface area contributed by atoms with E-state index in [4.69, 9.17) is 16.7 Å². The first-order valence-electron chi connectivity index (χ1n) is 6.07. The van der Waals surface area contributed by atoms with Gasteiger partial charge < -0.3 is 9.67 Å². The van der Waals surface area contributed by atoms with E-state index in [1.54, 1.807) is 0 Å². The summed E-state index contributed by atoms with van der Waals surface area (Å²) in [5.74, 6) is -0.807. The number of aryl methyl sites for hydroxylation is 1. The van der Waals surface area contributed by atoms with Crippen molar-refractivity contribution in [1.82, 2.24) is 4.57 Å². The van der Waals surface area contributed by atoms with Crippen LogP contribution in [0.15, 0.2) is 30.3 Å². The second-order valence-corrected chi connectivity index (χ2v) is 5.13. The Morgan fingerprint density at radius 1 is 1.32 bits per heavy atom. The zero-order valence-electron chi connectivity index (χ0n) is 11.0. The fourth-order valence-corrected chi connectivity index (χ4v) is 2.37. The maximum absolute atomic E-state index is 10.8. The van der Waals surface area contributed by atoms with Crippen LogP contribution in [0.2, 0.25) is 5.02 Å². The third kappa shape index (κ3) is 3.18. The van der Waals surface area contributed by atoms with Crippen LogP contribution >= 0.6 is 11.6 Å². The van der Waals surface area contributed by atoms with Crippen molar-refractivity contribution in [1.29, 1.82) is 0 Å². The fourth-order valence-electron chi connectivity index (χ4n) is 2.25. The largest absolute Gasteiger partial charge is 0.481 e. The topological polar surface area (TPSA) is 42.2 Å². The number of hydrogen-bond donors (Lipinski definition) is 1. The molecule has 0 spiro atoms. The molecule has 0 bridgehead atoms. The predicted octanol–water partition coefficient (Wildman–Crippen LogP) is 3.20. The number of carbonyl (C=O) groups is 1. The van der Waals surface area contributed by atoms with Crippen LogP contribution in [0, 0.1) is 6.92 Å². The molecule has 0 saturated carbocycles. The van der Waals surface area contributed by atoms with Gasteiger partial charge in [0.2, 0.25) is 0 Å². The van der Waals surface area contributed by atoms with Crippen LogP contribution in [0.4, 0.5) is 0 Å². The van der Waals surface area contributed by atoms with Crippen molar-refractivity contribution in [2.45, 2.75) is 19.8 Å². The van der Waals surface area contributed by atoms with Gasteiger partial charge in [0.05, 0.1) is 6.42 Å². The van der Waals surface area contributed by atoms with Gasteiger partial charge in [-0.3, -0.25) is 4.79 Å². The predicted molar refractivity (Wildman–Crippen MR) is 75.7 cm³/mol. The molecule has 0 saturated heterocycles. The van der Waals surface area contributed by atoms with Crippen LogP contribution in [0.5, 0.6) is 0 Å². The lowest BCUT2D eigenvalue weighted by molar-refractivity contribution is -0.136. The summed E-state index contributed by atoms with van der Waals surface area (Å²) in [4.78, 5) is 10.8. The molecule has 1 N–H and O–H groups in total. The Morgan fingerprint density at radius 2 is 1.95 bits per heavy atom. The Bertz CT molecular complexity index is 599. The highest BCUT2D eigenvalue weighted by molar-refractivity contribution is 6.30. The van der Waals surface area contributed by atoms with Crippen LogP contribution in [-0.2, 0) is 24.7 Å². The van der Waals surface area contributed by atoms with Crippen molar-refractivity contribution in [3.05, 3.63) is 57.9 Å². The molecule has 4 heteroatoms. The standard InChI is InChI=1S/C15H16ClNO2/c1-10-7-13(9-15(18)19)17(2)14(10)8-11-3-5-12(16)6-4-11/h3-7H,8-9H2,1-2H3,(H,18,19). The molecule has 0 aliphatic rings. The van der Waals surface area contributed by atoms with Gasteiger partial charge in [-0.2, -0.15) is 0 Å². The molecule has 1 aromatic carbocycles. The van der Waals surface area contributed by atoms with Crippen molar-refractivity contribution in [2.24, 2.45) is 7.05 Å². The number of aromatic nitrogens is 1. The molecular formula is C15H16ClNO2. The number of benzene rings is 1. The highest BCUT2D eigenvalue weighted by Gasteiger charge is 2.12. The van der Waals surface area contributed by atoms with Crippen LogP contribution in [-0.4, -0.2) is 15.6 Å². The monoisotopic (exact) mass is 277 g/mol. The Morgan fingerprint density at radius 3 is 2.53 bits per heavy atom. The quantitative estimate of drug-likeness (QED) is 0.932. The minimum Gasteiger partial charge on any atom is -0.481 e. The lowest BCUT2D eigenvalue weighted by atomic mass is 10.1. The van der Waals surface area contributed by atoms with E-state index in [2.05, 4.69) is 0 Å². The van der Waals surface area contributed by atoms with E-state index in [0.29, 0.717) is 0 Å². The average molecular weight is 278 g/mol. The molecular weight excluding hydrogens is 262 g/mol. The summed E-state index contributed by atoms with van der Waals surface area (Å²) < 4.78 is 1.97. The second kappa shape index (κ2) is 5.49. The number of halogens is 1. The first-order chi connectivity index (χ1) is 8.97. The molecule has 0 aliphatic carbocycles. The van der Waals surface area contributed by atoms with Crippen LogP contribution in [0.3, 0.4) is 0 Å². The molecule has 100 valence electrons. The molecule has 0 aliphatic heterocycles. The summed E-state index contributed by atoms with van der Waals surface area (Å²) in [6.45, 7) is 2.01. The van der Waals surface area contributed by atoms with Crippen molar-refractivity contribution < 1.29 is 9.90 Å². The average Bonchev–Trinajstić information content (AvgIpc) is 2.59. The normalized spacial score (nSPS) is 10.7. The number of hydrogen-bond acceptors (Lipinski definition) is 1. The molecule has 1 heterocycles. The summed E-state index contributed by atoms with van der Waals surface area (Å²) in [6.07, 6.45) is 0.830. The van der Waals surface area contributed by atoms with Gasteiger partial charge in [-0.05, 0) is 36.2 Å². The molecule has 3 nitrogen and oxygen atoms in total. The van der Waals surface area contributed by atoms with Gasteiger partial charge in [0.1, 0.15) is 0 Å². The van der Waals surface area contributed by atoms with E-state index < -0.39 is 5.97 Å². The summed E-state index contributed by atoms with van der Waals surface area (Å²) in [5, 5.41) is 9.61. The number of nitrogens with zero attached hydrogens (tertiary/aromatic N) is 1. The van der Waals surface area contributed by atoms with E-state index in [9.17, 15) is 4.79 Å². The zero-order valence-corrected chi connectivity index (χ0v) is 11.7. The minimum absolute atomic E-state index is 0.0535. The third-order valence-corrected chi connectivity index (χ3v) is 3.54. The first kappa shape index (κ1) is 13.7. The van der Waals surface area contributed by atoms with E-state index in [1.165, 1.54) is 0 Å². The summed E-state index contributed by atoms with van der Waals surface area (Å²) >= 11 is 5.87. The van der Waals surface area contributed by atoms with Gasteiger partial charge in [-0.15, -0.1) is 0 Å². The van der Waals surface area contributed by atoms with Crippen LogP contribution < -0.4 is 0 Å². The lowest BCUT2D eigenvalue weighted by Gasteiger charge is -2.08. The van der Waals surface area contributed by atoms with E-state index in [-0.39, 0.29) is 6.42 Å². The van der Waals surface area contributed by atoms with E-state index in [1.807, 2.05) is 48.9 Å². The van der Waals surface area contributed by atoms with Gasteiger partial charge in [0.25, 0.3) is 0 Å². The summed E-state index contributed by atoms with van der Waals surface area (Å²) in [6, 6.07) is 9.66. The highest BCUT2D eigenvalue weighted by Crippen LogP contribution is 2.19. The van der Waals surface area contributed by atoms with Crippen molar-refractivity contribution in [3.8, 4) is 0 Å². The van der Waals surface area contributed by atoms with Crippen molar-refractivity contribution in [2.75, 3.05) is 0 Å².